The van der Waals surface area contributed by atoms with Gasteiger partial charge in [0.25, 0.3) is 0 Å². The van der Waals surface area contributed by atoms with Crippen molar-refractivity contribution in [3.63, 3.8) is 0 Å². The molecule has 3 rings (SSSR count). The lowest BCUT2D eigenvalue weighted by Crippen LogP contribution is -2.36. The predicted molar refractivity (Wildman–Crippen MR) is 123 cm³/mol. The summed E-state index contributed by atoms with van der Waals surface area (Å²) in [5.41, 5.74) is 1.35. The van der Waals surface area contributed by atoms with Crippen LogP contribution >= 0.6 is 35.3 Å². The smallest absolute Gasteiger partial charge is 0.387 e. The molecule has 1 aliphatic heterocycles. The molecule has 0 spiro atoms. The van der Waals surface area contributed by atoms with Crippen LogP contribution in [-0.4, -0.2) is 45.0 Å². The predicted octanol–water partition coefficient (Wildman–Crippen LogP) is 3.41. The number of aromatic nitrogens is 1. The van der Waals surface area contributed by atoms with E-state index in [1.54, 1.807) is 17.4 Å². The lowest BCUT2D eigenvalue weighted by atomic mass is 10.1. The summed E-state index contributed by atoms with van der Waals surface area (Å²) in [4.78, 5) is 10.9. The van der Waals surface area contributed by atoms with Gasteiger partial charge in [-0.2, -0.15) is 8.78 Å². The minimum absolute atomic E-state index is 0. The number of aliphatic imine (C=N–C) groups is 1. The molecule has 2 N–H and O–H groups in total. The number of ether oxygens (including phenoxy) is 3. The van der Waals surface area contributed by atoms with Crippen LogP contribution in [0, 0.1) is 0 Å². The van der Waals surface area contributed by atoms with Crippen molar-refractivity contribution in [2.24, 2.45) is 4.99 Å². The molecule has 0 fully saturated rings. The summed E-state index contributed by atoms with van der Waals surface area (Å²) in [6.07, 6.45) is 0. The van der Waals surface area contributed by atoms with Gasteiger partial charge < -0.3 is 29.7 Å². The summed E-state index contributed by atoms with van der Waals surface area (Å²) < 4.78 is 40.7. The summed E-state index contributed by atoms with van der Waals surface area (Å²) >= 11 is 1.55. The Bertz CT molecular complexity index is 866. The molecular formula is C18H24F2IN5O3S. The summed E-state index contributed by atoms with van der Waals surface area (Å²) in [5.74, 6) is 1.40. The number of halogens is 3. The molecule has 0 saturated heterocycles. The molecule has 166 valence electrons. The lowest BCUT2D eigenvalue weighted by molar-refractivity contribution is -0.0505. The molecule has 0 bridgehead atoms. The van der Waals surface area contributed by atoms with Gasteiger partial charge in [-0.15, -0.1) is 35.3 Å². The van der Waals surface area contributed by atoms with Crippen molar-refractivity contribution in [3.05, 3.63) is 28.8 Å². The van der Waals surface area contributed by atoms with E-state index in [9.17, 15) is 8.78 Å². The van der Waals surface area contributed by atoms with E-state index in [1.165, 1.54) is 6.07 Å². The topological polar surface area (TPSA) is 80.2 Å². The highest BCUT2D eigenvalue weighted by Crippen LogP contribution is 2.39. The number of nitrogens with one attached hydrogen (secondary N) is 2. The quantitative estimate of drug-likeness (QED) is 0.294. The minimum atomic E-state index is -2.94. The average molecular weight is 555 g/mol. The molecular weight excluding hydrogens is 531 g/mol. The van der Waals surface area contributed by atoms with E-state index in [0.29, 0.717) is 36.1 Å². The molecule has 1 aromatic carbocycles. The first-order chi connectivity index (χ1) is 14.0. The molecule has 0 amide bonds. The van der Waals surface area contributed by atoms with Crippen molar-refractivity contribution in [3.8, 4) is 17.2 Å². The van der Waals surface area contributed by atoms with Gasteiger partial charge in [-0.25, -0.2) is 9.98 Å². The van der Waals surface area contributed by atoms with Crippen molar-refractivity contribution in [2.75, 3.05) is 32.3 Å². The summed E-state index contributed by atoms with van der Waals surface area (Å²) in [6, 6.07) is 3.01. The van der Waals surface area contributed by atoms with Crippen LogP contribution in [0.5, 0.6) is 17.2 Å². The zero-order valence-corrected chi connectivity index (χ0v) is 19.9. The first-order valence-corrected chi connectivity index (χ1v) is 9.85. The molecule has 2 aromatic rings. The first kappa shape index (κ1) is 24.2. The molecule has 0 radical (unpaired) electrons. The fraction of sp³-hybridized carbons (Fsp3) is 0.444. The molecule has 2 heterocycles. The zero-order valence-electron chi connectivity index (χ0n) is 16.8. The summed E-state index contributed by atoms with van der Waals surface area (Å²) in [7, 11) is 3.87. The second-order valence-corrected chi connectivity index (χ2v) is 7.09. The van der Waals surface area contributed by atoms with Crippen LogP contribution in [0.25, 0.3) is 0 Å². The third-order valence-electron chi connectivity index (χ3n) is 3.88. The number of thiazole rings is 1. The van der Waals surface area contributed by atoms with Crippen molar-refractivity contribution < 1.29 is 23.0 Å². The Morgan fingerprint density at radius 1 is 1.30 bits per heavy atom. The second-order valence-electron chi connectivity index (χ2n) is 6.26. The van der Waals surface area contributed by atoms with Gasteiger partial charge in [-0.3, -0.25) is 0 Å². The monoisotopic (exact) mass is 555 g/mol. The lowest BCUT2D eigenvalue weighted by Gasteiger charge is -2.13. The molecule has 0 atom stereocenters. The highest BCUT2D eigenvalue weighted by atomic mass is 127. The number of nitrogens with zero attached hydrogens (tertiary/aromatic N) is 3. The Balaban J connectivity index is 0.00000320. The molecule has 1 aliphatic rings. The van der Waals surface area contributed by atoms with E-state index in [1.807, 2.05) is 31.3 Å². The van der Waals surface area contributed by atoms with Gasteiger partial charge >= 0.3 is 6.61 Å². The third kappa shape index (κ3) is 6.45. The Morgan fingerprint density at radius 2 is 2.03 bits per heavy atom. The van der Waals surface area contributed by atoms with E-state index in [2.05, 4.69) is 25.3 Å². The van der Waals surface area contributed by atoms with Crippen LogP contribution in [0.4, 0.5) is 13.9 Å². The number of hydrogen-bond acceptors (Lipinski definition) is 7. The normalized spacial score (nSPS) is 12.5. The SMILES string of the molecule is CCNC(=NCc1cc2c(cc1OC(F)F)OCO2)NCc1csc(N(C)C)n1.I. The van der Waals surface area contributed by atoms with Crippen LogP contribution in [0.1, 0.15) is 18.2 Å². The van der Waals surface area contributed by atoms with Crippen LogP contribution in [0.3, 0.4) is 0 Å². The summed E-state index contributed by atoms with van der Waals surface area (Å²) in [5, 5.41) is 9.20. The molecule has 0 saturated carbocycles. The Hall–Kier alpha value is -2.09. The largest absolute Gasteiger partial charge is 0.454 e. The second kappa shape index (κ2) is 11.3. The number of fused-ring (bicyclic) bond motifs is 1. The maximum absolute atomic E-state index is 12.8. The van der Waals surface area contributed by atoms with Gasteiger partial charge in [0, 0.05) is 37.6 Å². The molecule has 12 heteroatoms. The van der Waals surface area contributed by atoms with Gasteiger partial charge in [-0.05, 0) is 13.0 Å². The van der Waals surface area contributed by atoms with E-state index in [0.717, 1.165) is 10.8 Å². The van der Waals surface area contributed by atoms with Gasteiger partial charge in [-0.1, -0.05) is 0 Å². The van der Waals surface area contributed by atoms with Crippen molar-refractivity contribution in [1.82, 2.24) is 15.6 Å². The number of benzene rings is 1. The molecule has 0 unspecified atom stereocenters. The Morgan fingerprint density at radius 3 is 2.67 bits per heavy atom. The number of rotatable bonds is 8. The zero-order chi connectivity index (χ0) is 20.8. The third-order valence-corrected chi connectivity index (χ3v) is 4.94. The maximum atomic E-state index is 12.8. The van der Waals surface area contributed by atoms with Crippen molar-refractivity contribution >= 4 is 46.4 Å². The van der Waals surface area contributed by atoms with Crippen LogP contribution in [-0.2, 0) is 13.1 Å². The molecule has 8 nitrogen and oxygen atoms in total. The van der Waals surface area contributed by atoms with Crippen LogP contribution < -0.4 is 29.7 Å². The number of hydrogen-bond donors (Lipinski definition) is 2. The average Bonchev–Trinajstić information content (AvgIpc) is 3.32. The van der Waals surface area contributed by atoms with Gasteiger partial charge in [0.2, 0.25) is 6.79 Å². The van der Waals surface area contributed by atoms with E-state index in [-0.39, 0.29) is 43.1 Å². The Kier molecular flexibility index (Phi) is 9.14. The fourth-order valence-corrected chi connectivity index (χ4v) is 3.32. The van der Waals surface area contributed by atoms with Crippen molar-refractivity contribution in [1.29, 1.82) is 0 Å². The maximum Gasteiger partial charge on any atom is 0.387 e. The van der Waals surface area contributed by atoms with Gasteiger partial charge in [0.1, 0.15) is 5.75 Å². The Labute approximate surface area is 194 Å². The number of guanidine groups is 1. The highest BCUT2D eigenvalue weighted by Gasteiger charge is 2.20. The standard InChI is InChI=1S/C18H23F2N5O3S.HI/c1-4-21-17(23-8-12-9-29-18(24-12)25(2)3)22-7-11-5-14-15(27-10-26-14)6-13(11)28-16(19)20;/h5-6,9,16H,4,7-8,10H2,1-3H3,(H2,21,22,23);1H. The minimum Gasteiger partial charge on any atom is -0.454 e. The fourth-order valence-electron chi connectivity index (χ4n) is 2.56. The van der Waals surface area contributed by atoms with E-state index in [4.69, 9.17) is 9.47 Å². The summed E-state index contributed by atoms with van der Waals surface area (Å²) in [6.45, 7) is 0.290. The molecule has 0 aliphatic carbocycles. The first-order valence-electron chi connectivity index (χ1n) is 8.97. The van der Waals surface area contributed by atoms with Crippen LogP contribution in [0.15, 0.2) is 22.5 Å². The number of alkyl halides is 2. The molecule has 1 aromatic heterocycles. The van der Waals surface area contributed by atoms with Gasteiger partial charge in [0.15, 0.2) is 22.6 Å². The van der Waals surface area contributed by atoms with Gasteiger partial charge in [0.05, 0.1) is 18.8 Å². The highest BCUT2D eigenvalue weighted by molar-refractivity contribution is 14.0. The van der Waals surface area contributed by atoms with E-state index < -0.39 is 6.61 Å². The number of anilines is 1. The van der Waals surface area contributed by atoms with Crippen molar-refractivity contribution in [2.45, 2.75) is 26.6 Å². The molecule has 30 heavy (non-hydrogen) atoms. The van der Waals surface area contributed by atoms with Crippen LogP contribution in [0.2, 0.25) is 0 Å². The van der Waals surface area contributed by atoms with E-state index >= 15 is 0 Å².